The SMILES string of the molecule is Cc1cc(NC(=O)c2cccc(F)c2)n(CCO)n1. The van der Waals surface area contributed by atoms with E-state index in [1.165, 1.54) is 22.9 Å². The topological polar surface area (TPSA) is 67.2 Å². The van der Waals surface area contributed by atoms with Crippen molar-refractivity contribution in [2.75, 3.05) is 11.9 Å². The molecule has 1 aromatic heterocycles. The minimum absolute atomic E-state index is 0.0794. The van der Waals surface area contributed by atoms with E-state index < -0.39 is 11.7 Å². The average molecular weight is 263 g/mol. The first kappa shape index (κ1) is 13.2. The van der Waals surface area contributed by atoms with Crippen LogP contribution in [0.25, 0.3) is 0 Å². The van der Waals surface area contributed by atoms with Gasteiger partial charge in [0.05, 0.1) is 18.8 Å². The fourth-order valence-corrected chi connectivity index (χ4v) is 1.73. The molecule has 1 aromatic carbocycles. The molecular formula is C13H14FN3O2. The van der Waals surface area contributed by atoms with E-state index in [0.717, 1.165) is 11.8 Å². The summed E-state index contributed by atoms with van der Waals surface area (Å²) in [6.45, 7) is 1.99. The Labute approximate surface area is 109 Å². The fourth-order valence-electron chi connectivity index (χ4n) is 1.73. The third-order valence-electron chi connectivity index (χ3n) is 2.54. The lowest BCUT2D eigenvalue weighted by molar-refractivity contribution is 0.102. The van der Waals surface area contributed by atoms with E-state index in [9.17, 15) is 9.18 Å². The number of amides is 1. The van der Waals surface area contributed by atoms with Crippen LogP contribution in [0.1, 0.15) is 16.1 Å². The molecule has 0 unspecified atom stereocenters. The summed E-state index contributed by atoms with van der Waals surface area (Å²) in [6, 6.07) is 7.12. The number of halogens is 1. The van der Waals surface area contributed by atoms with Crippen LogP contribution in [0.15, 0.2) is 30.3 Å². The molecule has 2 N–H and O–H groups in total. The molecule has 0 spiro atoms. The molecule has 2 rings (SSSR count). The van der Waals surface area contributed by atoms with Crippen molar-refractivity contribution in [1.82, 2.24) is 9.78 Å². The second kappa shape index (κ2) is 5.62. The van der Waals surface area contributed by atoms with Gasteiger partial charge in [-0.3, -0.25) is 4.79 Å². The maximum atomic E-state index is 13.0. The number of carbonyl (C=O) groups is 1. The Hall–Kier alpha value is -2.21. The zero-order chi connectivity index (χ0) is 13.8. The molecule has 0 atom stereocenters. The van der Waals surface area contributed by atoms with Crippen molar-refractivity contribution in [2.24, 2.45) is 0 Å². The quantitative estimate of drug-likeness (QED) is 0.880. The van der Waals surface area contributed by atoms with E-state index in [0.29, 0.717) is 5.82 Å². The third-order valence-corrected chi connectivity index (χ3v) is 2.54. The Morgan fingerprint density at radius 1 is 1.47 bits per heavy atom. The Bertz CT molecular complexity index is 595. The first-order valence-corrected chi connectivity index (χ1v) is 5.82. The molecule has 0 aliphatic rings. The molecular weight excluding hydrogens is 249 g/mol. The average Bonchev–Trinajstić information content (AvgIpc) is 2.70. The minimum atomic E-state index is -0.465. The zero-order valence-electron chi connectivity index (χ0n) is 10.4. The standard InChI is InChI=1S/C13H14FN3O2/c1-9-7-12(17(16-9)5-6-18)15-13(19)10-3-2-4-11(14)8-10/h2-4,7-8,18H,5-6H2,1H3,(H,15,19). The van der Waals surface area contributed by atoms with Gasteiger partial charge in [0.2, 0.25) is 0 Å². The van der Waals surface area contributed by atoms with E-state index in [1.807, 2.05) is 0 Å². The second-order valence-corrected chi connectivity index (χ2v) is 4.08. The molecule has 2 aromatic rings. The lowest BCUT2D eigenvalue weighted by Gasteiger charge is -2.07. The highest BCUT2D eigenvalue weighted by molar-refractivity contribution is 6.03. The third kappa shape index (κ3) is 3.17. The van der Waals surface area contributed by atoms with E-state index in [1.54, 1.807) is 13.0 Å². The number of anilines is 1. The van der Waals surface area contributed by atoms with Crippen LogP contribution < -0.4 is 5.32 Å². The largest absolute Gasteiger partial charge is 0.394 e. The Morgan fingerprint density at radius 3 is 2.95 bits per heavy atom. The Balaban J connectivity index is 2.19. The van der Waals surface area contributed by atoms with Gasteiger partial charge in [0.15, 0.2) is 0 Å². The molecule has 0 aliphatic carbocycles. The van der Waals surface area contributed by atoms with Crippen molar-refractivity contribution in [3.8, 4) is 0 Å². The smallest absolute Gasteiger partial charge is 0.256 e. The van der Waals surface area contributed by atoms with Gasteiger partial charge >= 0.3 is 0 Å². The van der Waals surface area contributed by atoms with E-state index >= 15 is 0 Å². The number of aromatic nitrogens is 2. The summed E-state index contributed by atoms with van der Waals surface area (Å²) in [6.07, 6.45) is 0. The number of hydrogen-bond donors (Lipinski definition) is 2. The van der Waals surface area contributed by atoms with Gasteiger partial charge in [-0.2, -0.15) is 5.10 Å². The number of aryl methyl sites for hydroxylation is 1. The summed E-state index contributed by atoms with van der Waals surface area (Å²) in [5, 5.41) is 15.7. The predicted molar refractivity (Wildman–Crippen MR) is 68.4 cm³/mol. The van der Waals surface area contributed by atoms with Gasteiger partial charge in [-0.25, -0.2) is 9.07 Å². The molecule has 0 radical (unpaired) electrons. The van der Waals surface area contributed by atoms with Crippen LogP contribution in [-0.2, 0) is 6.54 Å². The molecule has 0 saturated heterocycles. The van der Waals surface area contributed by atoms with Crippen LogP contribution in [0.2, 0.25) is 0 Å². The lowest BCUT2D eigenvalue weighted by atomic mass is 10.2. The van der Waals surface area contributed by atoms with Gasteiger partial charge in [0.25, 0.3) is 5.91 Å². The van der Waals surface area contributed by atoms with Gasteiger partial charge < -0.3 is 10.4 Å². The number of rotatable bonds is 4. The van der Waals surface area contributed by atoms with Crippen LogP contribution in [-0.4, -0.2) is 27.4 Å². The summed E-state index contributed by atoms with van der Waals surface area (Å²) in [7, 11) is 0. The molecule has 1 amide bonds. The first-order valence-electron chi connectivity index (χ1n) is 5.82. The number of benzene rings is 1. The zero-order valence-corrected chi connectivity index (χ0v) is 10.4. The van der Waals surface area contributed by atoms with E-state index in [4.69, 9.17) is 5.11 Å². The van der Waals surface area contributed by atoms with Crippen molar-refractivity contribution in [3.63, 3.8) is 0 Å². The molecule has 0 aliphatic heterocycles. The molecule has 1 heterocycles. The second-order valence-electron chi connectivity index (χ2n) is 4.08. The van der Waals surface area contributed by atoms with Gasteiger partial charge in [0, 0.05) is 11.6 Å². The van der Waals surface area contributed by atoms with Gasteiger partial charge in [-0.15, -0.1) is 0 Å². The van der Waals surface area contributed by atoms with E-state index in [-0.39, 0.29) is 18.7 Å². The van der Waals surface area contributed by atoms with Crippen LogP contribution in [0.5, 0.6) is 0 Å². The first-order chi connectivity index (χ1) is 9.10. The maximum Gasteiger partial charge on any atom is 0.256 e. The predicted octanol–water partition coefficient (Wildman–Crippen LogP) is 1.58. The minimum Gasteiger partial charge on any atom is -0.394 e. The van der Waals surface area contributed by atoms with Crippen molar-refractivity contribution in [2.45, 2.75) is 13.5 Å². The van der Waals surface area contributed by atoms with Gasteiger partial charge in [-0.1, -0.05) is 6.07 Å². The van der Waals surface area contributed by atoms with E-state index in [2.05, 4.69) is 10.4 Å². The molecule has 6 heteroatoms. The van der Waals surface area contributed by atoms with Crippen LogP contribution in [0, 0.1) is 12.7 Å². The summed E-state index contributed by atoms with van der Waals surface area (Å²) in [5.41, 5.74) is 0.956. The van der Waals surface area contributed by atoms with Crippen molar-refractivity contribution in [1.29, 1.82) is 0 Å². The van der Waals surface area contributed by atoms with Crippen LogP contribution in [0.4, 0.5) is 10.2 Å². The Morgan fingerprint density at radius 2 is 2.26 bits per heavy atom. The summed E-state index contributed by atoms with van der Waals surface area (Å²) in [4.78, 5) is 12.0. The molecule has 5 nitrogen and oxygen atoms in total. The maximum absolute atomic E-state index is 13.0. The van der Waals surface area contributed by atoms with Crippen LogP contribution >= 0.6 is 0 Å². The van der Waals surface area contributed by atoms with Crippen molar-refractivity contribution in [3.05, 3.63) is 47.4 Å². The monoisotopic (exact) mass is 263 g/mol. The highest BCUT2D eigenvalue weighted by atomic mass is 19.1. The van der Waals surface area contributed by atoms with Gasteiger partial charge in [-0.05, 0) is 25.1 Å². The Kier molecular flexibility index (Phi) is 3.91. The number of carbonyl (C=O) groups excluding carboxylic acids is 1. The fraction of sp³-hybridized carbons (Fsp3) is 0.231. The molecule has 0 saturated carbocycles. The number of hydrogen-bond acceptors (Lipinski definition) is 3. The van der Waals surface area contributed by atoms with Gasteiger partial charge in [0.1, 0.15) is 11.6 Å². The molecule has 0 bridgehead atoms. The lowest BCUT2D eigenvalue weighted by Crippen LogP contribution is -2.16. The molecule has 19 heavy (non-hydrogen) atoms. The number of aliphatic hydroxyl groups excluding tert-OH is 1. The number of aliphatic hydroxyl groups is 1. The van der Waals surface area contributed by atoms with Crippen molar-refractivity contribution < 1.29 is 14.3 Å². The summed E-state index contributed by atoms with van der Waals surface area (Å²) in [5.74, 6) is -0.410. The highest BCUT2D eigenvalue weighted by Gasteiger charge is 2.11. The summed E-state index contributed by atoms with van der Waals surface area (Å²) < 4.78 is 14.5. The number of nitrogens with one attached hydrogen (secondary N) is 1. The normalized spacial score (nSPS) is 10.5. The van der Waals surface area contributed by atoms with Crippen molar-refractivity contribution >= 4 is 11.7 Å². The molecule has 100 valence electrons. The van der Waals surface area contributed by atoms with Crippen LogP contribution in [0.3, 0.4) is 0 Å². The molecule has 0 fully saturated rings. The number of nitrogens with zero attached hydrogens (tertiary/aromatic N) is 2. The summed E-state index contributed by atoms with van der Waals surface area (Å²) >= 11 is 0. The highest BCUT2D eigenvalue weighted by Crippen LogP contribution is 2.12.